The Kier molecular flexibility index (Phi) is 4.63. The Hall–Kier alpha value is -1.92. The molecule has 23 heavy (non-hydrogen) atoms. The van der Waals surface area contributed by atoms with Crippen molar-refractivity contribution in [2.24, 2.45) is 0 Å². The maximum absolute atomic E-state index is 12.6. The molecular formula is C17H21N3O2S. The molecule has 0 radical (unpaired) electrons. The van der Waals surface area contributed by atoms with E-state index in [1.54, 1.807) is 16.4 Å². The molecule has 2 heterocycles. The van der Waals surface area contributed by atoms with Crippen molar-refractivity contribution in [2.45, 2.75) is 31.1 Å². The summed E-state index contributed by atoms with van der Waals surface area (Å²) in [7, 11) is -3.42. The van der Waals surface area contributed by atoms with E-state index in [0.717, 1.165) is 30.5 Å². The molecule has 0 spiro atoms. The molecule has 3 rings (SSSR count). The summed E-state index contributed by atoms with van der Waals surface area (Å²) < 4.78 is 26.7. The molecule has 1 saturated heterocycles. The highest BCUT2D eigenvalue weighted by molar-refractivity contribution is 7.89. The lowest BCUT2D eigenvalue weighted by atomic mass is 10.2. The fourth-order valence-electron chi connectivity index (χ4n) is 2.71. The minimum atomic E-state index is -3.42. The second-order valence-corrected chi connectivity index (χ2v) is 7.72. The molecule has 1 aliphatic rings. The lowest BCUT2D eigenvalue weighted by Crippen LogP contribution is -2.35. The normalized spacial score (nSPS) is 16.2. The minimum Gasteiger partial charge on any atom is -0.340 e. The van der Waals surface area contributed by atoms with E-state index in [-0.39, 0.29) is 4.90 Å². The molecule has 122 valence electrons. The Morgan fingerprint density at radius 3 is 2.43 bits per heavy atom. The number of hydrogen-bond donors (Lipinski definition) is 1. The third kappa shape index (κ3) is 3.54. The fourth-order valence-corrected chi connectivity index (χ4v) is 4.18. The first-order valence-corrected chi connectivity index (χ1v) is 9.30. The molecule has 0 amide bonds. The van der Waals surface area contributed by atoms with Crippen LogP contribution in [-0.4, -0.2) is 30.8 Å². The van der Waals surface area contributed by atoms with Crippen LogP contribution in [0.5, 0.6) is 0 Å². The summed E-state index contributed by atoms with van der Waals surface area (Å²) in [5.41, 5.74) is 2.07. The average Bonchev–Trinajstić information content (AvgIpc) is 2.58. The number of piperidine rings is 1. The quantitative estimate of drug-likeness (QED) is 0.933. The number of aromatic nitrogens is 1. The van der Waals surface area contributed by atoms with E-state index < -0.39 is 10.0 Å². The van der Waals surface area contributed by atoms with Gasteiger partial charge in [0.1, 0.15) is 10.7 Å². The van der Waals surface area contributed by atoms with Crippen molar-refractivity contribution >= 4 is 21.5 Å². The van der Waals surface area contributed by atoms with E-state index in [1.165, 1.54) is 6.20 Å². The number of rotatable bonds is 4. The predicted molar refractivity (Wildman–Crippen MR) is 91.3 cm³/mol. The van der Waals surface area contributed by atoms with Crippen molar-refractivity contribution < 1.29 is 8.42 Å². The SMILES string of the molecule is Cc1ccccc1Nc1ccc(S(=O)(=O)N2CCCCC2)cn1. The van der Waals surface area contributed by atoms with Gasteiger partial charge in [-0.1, -0.05) is 24.6 Å². The second kappa shape index (κ2) is 6.68. The number of benzene rings is 1. The van der Waals surface area contributed by atoms with Crippen molar-refractivity contribution in [3.05, 3.63) is 48.2 Å². The Morgan fingerprint density at radius 2 is 1.78 bits per heavy atom. The molecule has 1 aliphatic heterocycles. The van der Waals surface area contributed by atoms with Crippen LogP contribution in [0.4, 0.5) is 11.5 Å². The van der Waals surface area contributed by atoms with Gasteiger partial charge in [-0.25, -0.2) is 13.4 Å². The van der Waals surface area contributed by atoms with E-state index in [2.05, 4.69) is 10.3 Å². The number of hydrogen-bond acceptors (Lipinski definition) is 4. The highest BCUT2D eigenvalue weighted by Gasteiger charge is 2.26. The topological polar surface area (TPSA) is 62.3 Å². The van der Waals surface area contributed by atoms with Crippen LogP contribution >= 0.6 is 0 Å². The van der Waals surface area contributed by atoms with E-state index >= 15 is 0 Å². The smallest absolute Gasteiger partial charge is 0.244 e. The highest BCUT2D eigenvalue weighted by Crippen LogP contribution is 2.22. The molecule has 1 aromatic carbocycles. The predicted octanol–water partition coefficient (Wildman–Crippen LogP) is 3.31. The number of pyridine rings is 1. The molecule has 0 atom stereocenters. The van der Waals surface area contributed by atoms with Crippen LogP contribution in [0.2, 0.25) is 0 Å². The van der Waals surface area contributed by atoms with Gasteiger partial charge < -0.3 is 5.32 Å². The summed E-state index contributed by atoms with van der Waals surface area (Å²) >= 11 is 0. The Morgan fingerprint density at radius 1 is 1.04 bits per heavy atom. The van der Waals surface area contributed by atoms with Crippen molar-refractivity contribution in [3.63, 3.8) is 0 Å². The summed E-state index contributed by atoms with van der Waals surface area (Å²) in [5.74, 6) is 0.636. The Labute approximate surface area is 137 Å². The Bertz CT molecular complexity index is 767. The molecule has 6 heteroatoms. The van der Waals surface area contributed by atoms with Gasteiger partial charge in [-0.2, -0.15) is 4.31 Å². The van der Waals surface area contributed by atoms with E-state index in [1.807, 2.05) is 31.2 Å². The molecule has 0 unspecified atom stereocenters. The Balaban J connectivity index is 1.78. The van der Waals surface area contributed by atoms with Gasteiger partial charge in [0.2, 0.25) is 10.0 Å². The van der Waals surface area contributed by atoms with Crippen LogP contribution in [0, 0.1) is 6.92 Å². The highest BCUT2D eigenvalue weighted by atomic mass is 32.2. The molecular weight excluding hydrogens is 310 g/mol. The lowest BCUT2D eigenvalue weighted by Gasteiger charge is -2.25. The third-order valence-corrected chi connectivity index (χ3v) is 5.98. The maximum Gasteiger partial charge on any atom is 0.244 e. The average molecular weight is 331 g/mol. The molecule has 5 nitrogen and oxygen atoms in total. The zero-order chi connectivity index (χ0) is 16.3. The van der Waals surface area contributed by atoms with E-state index in [9.17, 15) is 8.42 Å². The number of sulfonamides is 1. The standard InChI is InChI=1S/C17H21N3O2S/c1-14-7-3-4-8-16(14)19-17-10-9-15(13-18-17)23(21,22)20-11-5-2-6-12-20/h3-4,7-10,13H,2,5-6,11-12H2,1H3,(H,18,19). The molecule has 2 aromatic rings. The fraction of sp³-hybridized carbons (Fsp3) is 0.353. The molecule has 1 fully saturated rings. The first-order valence-electron chi connectivity index (χ1n) is 7.86. The number of aryl methyl sites for hydroxylation is 1. The van der Waals surface area contributed by atoms with Crippen LogP contribution < -0.4 is 5.32 Å². The van der Waals surface area contributed by atoms with Gasteiger partial charge in [-0.15, -0.1) is 0 Å². The summed E-state index contributed by atoms with van der Waals surface area (Å²) in [4.78, 5) is 4.52. The molecule has 0 bridgehead atoms. The lowest BCUT2D eigenvalue weighted by molar-refractivity contribution is 0.346. The van der Waals surface area contributed by atoms with E-state index in [0.29, 0.717) is 18.9 Å². The summed E-state index contributed by atoms with van der Waals surface area (Å²) in [6.07, 6.45) is 4.40. The zero-order valence-corrected chi connectivity index (χ0v) is 14.0. The van der Waals surface area contributed by atoms with Gasteiger partial charge in [-0.3, -0.25) is 0 Å². The number of anilines is 2. The third-order valence-electron chi connectivity index (χ3n) is 4.10. The molecule has 1 aromatic heterocycles. The molecule has 0 aliphatic carbocycles. The van der Waals surface area contributed by atoms with Gasteiger partial charge >= 0.3 is 0 Å². The van der Waals surface area contributed by atoms with Crippen molar-refractivity contribution in [1.82, 2.24) is 9.29 Å². The first-order chi connectivity index (χ1) is 11.1. The minimum absolute atomic E-state index is 0.259. The van der Waals surface area contributed by atoms with Gasteiger partial charge in [0.05, 0.1) is 0 Å². The molecule has 1 N–H and O–H groups in total. The van der Waals surface area contributed by atoms with Crippen LogP contribution in [0.25, 0.3) is 0 Å². The van der Waals surface area contributed by atoms with Gasteiger partial charge in [0, 0.05) is 25.0 Å². The maximum atomic E-state index is 12.6. The van der Waals surface area contributed by atoms with Gasteiger partial charge in [0.15, 0.2) is 0 Å². The summed E-state index contributed by atoms with van der Waals surface area (Å²) in [6.45, 7) is 3.22. The monoisotopic (exact) mass is 331 g/mol. The van der Waals surface area contributed by atoms with Crippen molar-refractivity contribution in [1.29, 1.82) is 0 Å². The van der Waals surface area contributed by atoms with Crippen LogP contribution in [0.1, 0.15) is 24.8 Å². The molecule has 0 saturated carbocycles. The van der Waals surface area contributed by atoms with E-state index in [4.69, 9.17) is 0 Å². The van der Waals surface area contributed by atoms with Crippen molar-refractivity contribution in [2.75, 3.05) is 18.4 Å². The second-order valence-electron chi connectivity index (χ2n) is 5.78. The van der Waals surface area contributed by atoms with Gasteiger partial charge in [0.25, 0.3) is 0 Å². The largest absolute Gasteiger partial charge is 0.340 e. The summed E-state index contributed by atoms with van der Waals surface area (Å²) in [6, 6.07) is 11.2. The number of nitrogens with zero attached hydrogens (tertiary/aromatic N) is 2. The number of nitrogens with one attached hydrogen (secondary N) is 1. The van der Waals surface area contributed by atoms with Gasteiger partial charge in [-0.05, 0) is 43.5 Å². The first kappa shape index (κ1) is 16.0. The van der Waals surface area contributed by atoms with Crippen LogP contribution in [0.15, 0.2) is 47.5 Å². The summed E-state index contributed by atoms with van der Waals surface area (Å²) in [5, 5.41) is 3.21. The van der Waals surface area contributed by atoms with Crippen LogP contribution in [0.3, 0.4) is 0 Å². The van der Waals surface area contributed by atoms with Crippen LogP contribution in [-0.2, 0) is 10.0 Å². The number of para-hydroxylation sites is 1. The van der Waals surface area contributed by atoms with Crippen molar-refractivity contribution in [3.8, 4) is 0 Å². The zero-order valence-electron chi connectivity index (χ0n) is 13.2.